The quantitative estimate of drug-likeness (QED) is 0.361. The van der Waals surface area contributed by atoms with Gasteiger partial charge in [-0.15, -0.1) is 0 Å². The molecule has 2 saturated carbocycles. The van der Waals surface area contributed by atoms with Crippen LogP contribution in [0.3, 0.4) is 0 Å². The van der Waals surface area contributed by atoms with Crippen LogP contribution in [0.5, 0.6) is 0 Å². The second-order valence-corrected chi connectivity index (χ2v) is 11.3. The fraction of sp³-hybridized carbons (Fsp3) is 0.562. The predicted molar refractivity (Wildman–Crippen MR) is 159 cm³/mol. The Balaban J connectivity index is 1.58. The van der Waals surface area contributed by atoms with E-state index in [1.165, 1.54) is 7.11 Å². The summed E-state index contributed by atoms with van der Waals surface area (Å²) < 4.78 is 5.15. The highest BCUT2D eigenvalue weighted by Gasteiger charge is 2.29. The first-order valence-corrected chi connectivity index (χ1v) is 14.7. The van der Waals surface area contributed by atoms with Gasteiger partial charge < -0.3 is 25.6 Å². The number of carbonyl (C=O) groups excluding carboxylic acids is 2. The van der Waals surface area contributed by atoms with Crippen LogP contribution in [0.4, 0.5) is 16.2 Å². The van der Waals surface area contributed by atoms with Crippen molar-refractivity contribution in [1.29, 1.82) is 0 Å². The van der Waals surface area contributed by atoms with Crippen LogP contribution < -0.4 is 16.0 Å². The molecule has 2 aliphatic carbocycles. The normalized spacial score (nSPS) is 19.5. The van der Waals surface area contributed by atoms with E-state index < -0.39 is 0 Å². The summed E-state index contributed by atoms with van der Waals surface area (Å²) >= 11 is 0. The Bertz CT molecular complexity index is 1110. The number of unbranched alkanes of at least 4 members (excludes halogenated alkanes) is 1. The molecular weight excluding hydrogens is 488 g/mol. The van der Waals surface area contributed by atoms with Gasteiger partial charge in [0.2, 0.25) is 5.91 Å². The Morgan fingerprint density at radius 2 is 1.72 bits per heavy atom. The van der Waals surface area contributed by atoms with Crippen molar-refractivity contribution in [3.8, 4) is 11.1 Å². The summed E-state index contributed by atoms with van der Waals surface area (Å²) in [5, 5.41) is 3.28. The number of benzene rings is 2. The number of nitrogens with two attached hydrogens (primary N) is 1. The van der Waals surface area contributed by atoms with Gasteiger partial charge >= 0.3 is 6.09 Å². The van der Waals surface area contributed by atoms with Gasteiger partial charge in [-0.05, 0) is 79.8 Å². The van der Waals surface area contributed by atoms with Gasteiger partial charge in [0.05, 0.1) is 18.5 Å². The highest BCUT2D eigenvalue weighted by atomic mass is 16.5. The fourth-order valence-corrected chi connectivity index (χ4v) is 6.01. The fourth-order valence-electron chi connectivity index (χ4n) is 6.01. The molecule has 2 aromatic carbocycles. The minimum absolute atomic E-state index is 0.101. The van der Waals surface area contributed by atoms with Crippen LogP contribution in [0, 0.1) is 5.92 Å². The van der Waals surface area contributed by atoms with E-state index >= 15 is 0 Å². The van der Waals surface area contributed by atoms with Gasteiger partial charge in [-0.3, -0.25) is 4.79 Å². The zero-order chi connectivity index (χ0) is 27.8. The SMILES string of the molecule is CCCCN(C)c1ccc(-c2cccc(CN(C(=O)OC)C3CCC(N)CC3)c2)cc1NC(=O)C1CCCC1. The molecule has 39 heavy (non-hydrogen) atoms. The molecule has 0 bridgehead atoms. The van der Waals surface area contributed by atoms with Crippen molar-refractivity contribution in [3.63, 3.8) is 0 Å². The van der Waals surface area contributed by atoms with Gasteiger partial charge in [0, 0.05) is 38.1 Å². The molecule has 3 N–H and O–H groups in total. The lowest BCUT2D eigenvalue weighted by molar-refractivity contribution is -0.119. The van der Waals surface area contributed by atoms with Gasteiger partial charge in [-0.25, -0.2) is 4.79 Å². The molecule has 2 fully saturated rings. The maximum absolute atomic E-state index is 13.1. The number of anilines is 2. The summed E-state index contributed by atoms with van der Waals surface area (Å²) in [6.07, 6.45) is 9.76. The Kier molecular flexibility index (Phi) is 10.3. The van der Waals surface area contributed by atoms with Gasteiger partial charge in [-0.1, -0.05) is 50.5 Å². The van der Waals surface area contributed by atoms with E-state index in [9.17, 15) is 9.59 Å². The number of rotatable bonds is 10. The monoisotopic (exact) mass is 534 g/mol. The highest BCUT2D eigenvalue weighted by molar-refractivity contribution is 5.97. The van der Waals surface area contributed by atoms with Crippen molar-refractivity contribution in [2.45, 2.75) is 89.8 Å². The van der Waals surface area contributed by atoms with Crippen LogP contribution in [0.15, 0.2) is 42.5 Å². The van der Waals surface area contributed by atoms with E-state index in [0.29, 0.717) is 6.54 Å². The standard InChI is InChI=1S/C32H46N4O3/c1-4-5-19-35(2)30-18-13-26(21-29(30)34-31(37)24-10-6-7-11-24)25-12-8-9-23(20-25)22-36(32(38)39-3)28-16-14-27(33)15-17-28/h8-9,12-13,18,20-21,24,27-28H,4-7,10-11,14-17,19,22,33H2,1-3H3,(H,34,37). The molecule has 2 aliphatic rings. The molecule has 2 aromatic rings. The molecule has 0 spiro atoms. The largest absolute Gasteiger partial charge is 0.453 e. The molecule has 0 unspecified atom stereocenters. The lowest BCUT2D eigenvalue weighted by Crippen LogP contribution is -2.43. The van der Waals surface area contributed by atoms with Crippen molar-refractivity contribution >= 4 is 23.4 Å². The molecule has 0 radical (unpaired) electrons. The molecular formula is C32H46N4O3. The number of amides is 2. The van der Waals surface area contributed by atoms with Gasteiger partial charge in [0.15, 0.2) is 0 Å². The molecule has 7 heteroatoms. The second-order valence-electron chi connectivity index (χ2n) is 11.3. The molecule has 212 valence electrons. The van der Waals surface area contributed by atoms with Gasteiger partial charge in [-0.2, -0.15) is 0 Å². The smallest absolute Gasteiger partial charge is 0.410 e. The van der Waals surface area contributed by atoms with Gasteiger partial charge in [0.25, 0.3) is 0 Å². The van der Waals surface area contributed by atoms with Crippen molar-refractivity contribution in [3.05, 3.63) is 48.0 Å². The Labute approximate surface area is 234 Å². The summed E-state index contributed by atoms with van der Waals surface area (Å²) in [6, 6.07) is 15.0. The van der Waals surface area contributed by atoms with Crippen LogP contribution in [0.25, 0.3) is 11.1 Å². The van der Waals surface area contributed by atoms with Crippen molar-refractivity contribution in [2.24, 2.45) is 11.7 Å². The topological polar surface area (TPSA) is 87.9 Å². The molecule has 2 amide bonds. The number of ether oxygens (including phenoxy) is 1. The zero-order valence-corrected chi connectivity index (χ0v) is 24.0. The molecule has 0 aliphatic heterocycles. The Hall–Kier alpha value is -3.06. The van der Waals surface area contributed by atoms with Crippen molar-refractivity contribution < 1.29 is 14.3 Å². The van der Waals surface area contributed by atoms with Crippen LogP contribution in [0.2, 0.25) is 0 Å². The first-order chi connectivity index (χ1) is 18.9. The van der Waals surface area contributed by atoms with Crippen LogP contribution in [0.1, 0.15) is 76.7 Å². The summed E-state index contributed by atoms with van der Waals surface area (Å²) in [6.45, 7) is 3.62. The third-order valence-electron chi connectivity index (χ3n) is 8.44. The first kappa shape index (κ1) is 28.9. The summed E-state index contributed by atoms with van der Waals surface area (Å²) in [7, 11) is 3.54. The number of methoxy groups -OCH3 is 1. The zero-order valence-electron chi connectivity index (χ0n) is 24.0. The minimum atomic E-state index is -0.294. The maximum Gasteiger partial charge on any atom is 0.410 e. The van der Waals surface area contributed by atoms with E-state index in [-0.39, 0.29) is 30.0 Å². The lowest BCUT2D eigenvalue weighted by atomic mass is 9.90. The van der Waals surface area contributed by atoms with Crippen LogP contribution in [-0.4, -0.2) is 49.7 Å². The molecule has 0 heterocycles. The summed E-state index contributed by atoms with van der Waals surface area (Å²) in [5.41, 5.74) is 11.2. The minimum Gasteiger partial charge on any atom is -0.453 e. The molecule has 0 aromatic heterocycles. The van der Waals surface area contributed by atoms with E-state index in [2.05, 4.69) is 60.6 Å². The molecule has 7 nitrogen and oxygen atoms in total. The van der Waals surface area contributed by atoms with E-state index in [0.717, 1.165) is 98.8 Å². The van der Waals surface area contributed by atoms with Crippen molar-refractivity contribution in [2.75, 3.05) is 30.9 Å². The van der Waals surface area contributed by atoms with Gasteiger partial charge in [0.1, 0.15) is 0 Å². The average Bonchev–Trinajstić information content (AvgIpc) is 3.50. The molecule has 4 rings (SSSR count). The number of carbonyl (C=O) groups is 2. The highest BCUT2D eigenvalue weighted by Crippen LogP contribution is 2.34. The maximum atomic E-state index is 13.1. The summed E-state index contributed by atoms with van der Waals surface area (Å²) in [4.78, 5) is 29.9. The second kappa shape index (κ2) is 13.8. The first-order valence-electron chi connectivity index (χ1n) is 14.7. The van der Waals surface area contributed by atoms with Crippen LogP contribution in [-0.2, 0) is 16.1 Å². The average molecular weight is 535 g/mol. The third-order valence-corrected chi connectivity index (χ3v) is 8.44. The van der Waals surface area contributed by atoms with E-state index in [1.807, 2.05) is 11.0 Å². The number of hydrogen-bond donors (Lipinski definition) is 2. The Morgan fingerprint density at radius 1 is 1.00 bits per heavy atom. The Morgan fingerprint density at radius 3 is 2.41 bits per heavy atom. The molecule has 0 saturated heterocycles. The summed E-state index contributed by atoms with van der Waals surface area (Å²) in [5.74, 6) is 0.230. The van der Waals surface area contributed by atoms with Crippen LogP contribution >= 0.6 is 0 Å². The van der Waals surface area contributed by atoms with E-state index in [4.69, 9.17) is 10.5 Å². The third kappa shape index (κ3) is 7.53. The number of nitrogens with one attached hydrogen (secondary N) is 1. The number of hydrogen-bond acceptors (Lipinski definition) is 5. The lowest BCUT2D eigenvalue weighted by Gasteiger charge is -2.35. The predicted octanol–water partition coefficient (Wildman–Crippen LogP) is 6.56. The van der Waals surface area contributed by atoms with E-state index in [1.54, 1.807) is 0 Å². The van der Waals surface area contributed by atoms with Crippen molar-refractivity contribution in [1.82, 2.24) is 4.90 Å². The number of nitrogens with zero attached hydrogens (tertiary/aromatic N) is 2. The molecule has 0 atom stereocenters.